The minimum atomic E-state index is -2.26. The molecule has 3 rings (SSSR count). The van der Waals surface area contributed by atoms with E-state index in [1.165, 1.54) is 0 Å². The predicted octanol–water partition coefficient (Wildman–Crippen LogP) is 6.26. The second-order valence-electron chi connectivity index (χ2n) is 8.06. The second kappa shape index (κ2) is 13.7. The van der Waals surface area contributed by atoms with Gasteiger partial charge in [-0.25, -0.2) is 22.0 Å². The fourth-order valence-electron chi connectivity index (χ4n) is 3.50. The van der Waals surface area contributed by atoms with Crippen molar-refractivity contribution in [3.8, 4) is 0 Å². The minimum Gasteiger partial charge on any atom is -0.391 e. The lowest BCUT2D eigenvalue weighted by Gasteiger charge is -2.09. The Hall–Kier alpha value is -3.47. The van der Waals surface area contributed by atoms with Gasteiger partial charge in [0, 0.05) is 35.4 Å². The first-order chi connectivity index (χ1) is 17.8. The van der Waals surface area contributed by atoms with E-state index >= 15 is 0 Å². The van der Waals surface area contributed by atoms with Crippen LogP contribution in [-0.2, 0) is 16.2 Å². The Balaban J connectivity index is 1.26. The molecule has 0 aliphatic carbocycles. The lowest BCUT2D eigenvalue weighted by molar-refractivity contribution is -0.114. The normalized spacial score (nSPS) is 11.3. The van der Waals surface area contributed by atoms with Gasteiger partial charge in [0.05, 0.1) is 11.1 Å². The molecule has 0 radical (unpaired) electrons. The lowest BCUT2D eigenvalue weighted by Crippen LogP contribution is -2.25. The number of pyridine rings is 1. The number of halogens is 6. The van der Waals surface area contributed by atoms with Crippen LogP contribution in [0.3, 0.4) is 0 Å². The van der Waals surface area contributed by atoms with Gasteiger partial charge < -0.3 is 15.5 Å². The van der Waals surface area contributed by atoms with Crippen LogP contribution < -0.4 is 10.6 Å². The fourth-order valence-corrected chi connectivity index (χ4v) is 3.67. The maximum absolute atomic E-state index is 13.5. The summed E-state index contributed by atoms with van der Waals surface area (Å²) in [6.45, 7) is 0.155. The van der Waals surface area contributed by atoms with E-state index in [1.807, 2.05) is 24.3 Å². The SMILES string of the molecule is O=C(/C=N/OCc1c(F)c(F)c(F)c(F)c1F)NCCCCCCCNc1ccnc2cc(Cl)ccc12. The van der Waals surface area contributed by atoms with Crippen LogP contribution in [0.2, 0.25) is 5.02 Å². The van der Waals surface area contributed by atoms with Crippen LogP contribution >= 0.6 is 11.6 Å². The molecule has 0 saturated heterocycles. The molecule has 6 nitrogen and oxygen atoms in total. The summed E-state index contributed by atoms with van der Waals surface area (Å²) in [7, 11) is 0. The van der Waals surface area contributed by atoms with Gasteiger partial charge in [-0.1, -0.05) is 36.0 Å². The lowest BCUT2D eigenvalue weighted by atomic mass is 10.1. The van der Waals surface area contributed by atoms with E-state index < -0.39 is 47.2 Å². The molecule has 198 valence electrons. The van der Waals surface area contributed by atoms with Crippen molar-refractivity contribution in [1.29, 1.82) is 0 Å². The second-order valence-corrected chi connectivity index (χ2v) is 8.50. The zero-order valence-electron chi connectivity index (χ0n) is 19.6. The van der Waals surface area contributed by atoms with Crippen molar-refractivity contribution >= 4 is 40.3 Å². The van der Waals surface area contributed by atoms with Gasteiger partial charge in [0.25, 0.3) is 5.91 Å². The molecule has 0 aliphatic heterocycles. The number of nitrogens with one attached hydrogen (secondary N) is 2. The van der Waals surface area contributed by atoms with Crippen molar-refractivity contribution in [2.45, 2.75) is 38.7 Å². The van der Waals surface area contributed by atoms with Crippen molar-refractivity contribution in [2.24, 2.45) is 5.16 Å². The predicted molar refractivity (Wildman–Crippen MR) is 131 cm³/mol. The molecule has 3 aromatic rings. The number of rotatable bonds is 13. The van der Waals surface area contributed by atoms with E-state index in [2.05, 4.69) is 25.6 Å². The van der Waals surface area contributed by atoms with Crippen LogP contribution in [0.15, 0.2) is 35.6 Å². The van der Waals surface area contributed by atoms with Crippen LogP contribution in [0, 0.1) is 29.1 Å². The molecular weight excluding hydrogens is 519 g/mol. The molecule has 12 heteroatoms. The van der Waals surface area contributed by atoms with Crippen molar-refractivity contribution < 1.29 is 31.6 Å². The summed E-state index contributed by atoms with van der Waals surface area (Å²) < 4.78 is 66.3. The van der Waals surface area contributed by atoms with E-state index in [4.69, 9.17) is 11.6 Å². The number of unbranched alkanes of at least 4 members (excludes halogenated alkanes) is 4. The topological polar surface area (TPSA) is 75.6 Å². The Morgan fingerprint density at radius 1 is 0.919 bits per heavy atom. The average Bonchev–Trinajstić information content (AvgIpc) is 2.89. The highest BCUT2D eigenvalue weighted by molar-refractivity contribution is 6.31. The van der Waals surface area contributed by atoms with Crippen molar-refractivity contribution in [3.05, 3.63) is 70.1 Å². The quantitative estimate of drug-likeness (QED) is 0.0667. The zero-order valence-corrected chi connectivity index (χ0v) is 20.4. The highest BCUT2D eigenvalue weighted by atomic mass is 35.5. The summed E-state index contributed by atoms with van der Waals surface area (Å²) in [6, 6.07) is 7.51. The summed E-state index contributed by atoms with van der Waals surface area (Å²) in [6.07, 6.45) is 7.02. The molecule has 0 bridgehead atoms. The largest absolute Gasteiger partial charge is 0.391 e. The first kappa shape index (κ1) is 28.1. The highest BCUT2D eigenvalue weighted by Crippen LogP contribution is 2.25. The number of carbonyl (C=O) groups is 1. The molecule has 2 N–H and O–H groups in total. The molecule has 0 unspecified atom stereocenters. The van der Waals surface area contributed by atoms with E-state index in [1.54, 1.807) is 6.20 Å². The third-order valence-electron chi connectivity index (χ3n) is 5.43. The number of benzene rings is 2. The number of nitrogens with zero attached hydrogens (tertiary/aromatic N) is 2. The summed E-state index contributed by atoms with van der Waals surface area (Å²) in [5.41, 5.74) is 0.656. The molecule has 1 aromatic heterocycles. The molecule has 37 heavy (non-hydrogen) atoms. The van der Waals surface area contributed by atoms with Crippen LogP contribution in [-0.4, -0.2) is 30.2 Å². The fraction of sp³-hybridized carbons (Fsp3) is 0.320. The molecular formula is C25H24ClF5N4O2. The number of amides is 1. The number of hydrogen-bond acceptors (Lipinski definition) is 5. The van der Waals surface area contributed by atoms with Crippen LogP contribution in [0.25, 0.3) is 10.9 Å². The van der Waals surface area contributed by atoms with E-state index in [0.717, 1.165) is 55.2 Å². The molecule has 0 spiro atoms. The molecule has 2 aromatic carbocycles. The number of aromatic nitrogens is 1. The number of carbonyl (C=O) groups excluding carboxylic acids is 1. The Morgan fingerprint density at radius 3 is 2.30 bits per heavy atom. The zero-order chi connectivity index (χ0) is 26.8. The Labute approximate surface area is 214 Å². The van der Waals surface area contributed by atoms with E-state index in [9.17, 15) is 26.7 Å². The maximum atomic E-state index is 13.5. The Bertz CT molecular complexity index is 1250. The minimum absolute atomic E-state index is 0.381. The van der Waals surface area contributed by atoms with Gasteiger partial charge in [0.1, 0.15) is 12.8 Å². The standard InChI is InChI=1S/C25H24ClF5N4O2/c26-15-6-7-16-18(8-11-33-19(16)12-15)32-9-4-2-1-3-5-10-34-20(36)13-35-37-14-17-21(27)23(29)25(31)24(30)22(17)28/h6-8,11-13H,1-5,9-10,14H2,(H,32,33)(H,34,36)/b35-13+. The monoisotopic (exact) mass is 542 g/mol. The third kappa shape index (κ3) is 7.75. The van der Waals surface area contributed by atoms with E-state index in [-0.39, 0.29) is 0 Å². The van der Waals surface area contributed by atoms with E-state index in [0.29, 0.717) is 17.8 Å². The Kier molecular flexibility index (Phi) is 10.4. The smallest absolute Gasteiger partial charge is 0.265 e. The first-order valence-electron chi connectivity index (χ1n) is 11.5. The molecule has 0 fully saturated rings. The highest BCUT2D eigenvalue weighted by Gasteiger charge is 2.25. The summed E-state index contributed by atoms with van der Waals surface area (Å²) in [5, 5.41) is 10.8. The van der Waals surface area contributed by atoms with Gasteiger partial charge in [-0.2, -0.15) is 0 Å². The first-order valence-corrected chi connectivity index (χ1v) is 11.9. The molecule has 0 aliphatic rings. The summed E-state index contributed by atoms with van der Waals surface area (Å²) in [4.78, 5) is 20.5. The maximum Gasteiger partial charge on any atom is 0.265 e. The summed E-state index contributed by atoms with van der Waals surface area (Å²) >= 11 is 6.01. The van der Waals surface area contributed by atoms with Gasteiger partial charge in [-0.05, 0) is 37.1 Å². The number of oxime groups is 1. The average molecular weight is 543 g/mol. The molecule has 0 atom stereocenters. The number of fused-ring (bicyclic) bond motifs is 1. The van der Waals surface area contributed by atoms with Crippen LogP contribution in [0.4, 0.5) is 27.6 Å². The molecule has 1 amide bonds. The van der Waals surface area contributed by atoms with Crippen molar-refractivity contribution in [2.75, 3.05) is 18.4 Å². The van der Waals surface area contributed by atoms with Gasteiger partial charge in [0.2, 0.25) is 5.82 Å². The number of hydrogen-bond donors (Lipinski definition) is 2. The molecule has 1 heterocycles. The van der Waals surface area contributed by atoms with Crippen molar-refractivity contribution in [3.63, 3.8) is 0 Å². The number of anilines is 1. The third-order valence-corrected chi connectivity index (χ3v) is 5.66. The van der Waals surface area contributed by atoms with Crippen LogP contribution in [0.5, 0.6) is 0 Å². The van der Waals surface area contributed by atoms with Gasteiger partial charge in [-0.15, -0.1) is 0 Å². The van der Waals surface area contributed by atoms with Gasteiger partial charge in [-0.3, -0.25) is 9.78 Å². The summed E-state index contributed by atoms with van der Waals surface area (Å²) in [5.74, 6) is -11.1. The Morgan fingerprint density at radius 2 is 1.57 bits per heavy atom. The van der Waals surface area contributed by atoms with Gasteiger partial charge >= 0.3 is 0 Å². The van der Waals surface area contributed by atoms with Gasteiger partial charge in [0.15, 0.2) is 23.3 Å². The van der Waals surface area contributed by atoms with Crippen LogP contribution in [0.1, 0.15) is 37.7 Å². The van der Waals surface area contributed by atoms with Crippen molar-refractivity contribution in [1.82, 2.24) is 10.3 Å². The molecule has 0 saturated carbocycles.